The highest BCUT2D eigenvalue weighted by Crippen LogP contribution is 2.27. The molecule has 0 aliphatic heterocycles. The minimum Gasteiger partial charge on any atom is -0.493 e. The number of methoxy groups -OCH3 is 1. The zero-order valence-electron chi connectivity index (χ0n) is 16.5. The van der Waals surface area contributed by atoms with E-state index >= 15 is 0 Å². The first-order valence-electron chi connectivity index (χ1n) is 9.05. The summed E-state index contributed by atoms with van der Waals surface area (Å²) in [6, 6.07) is 15.1. The quantitative estimate of drug-likeness (QED) is 0.592. The van der Waals surface area contributed by atoms with Crippen molar-refractivity contribution in [2.75, 3.05) is 19.0 Å². The summed E-state index contributed by atoms with van der Waals surface area (Å²) in [5.74, 6) is 0.884. The number of ether oxygens (including phenoxy) is 3. The summed E-state index contributed by atoms with van der Waals surface area (Å²) in [6.07, 6.45) is 1.46. The van der Waals surface area contributed by atoms with Crippen molar-refractivity contribution in [3.8, 4) is 23.1 Å². The normalized spacial score (nSPS) is 10.2. The summed E-state index contributed by atoms with van der Waals surface area (Å²) in [5.41, 5.74) is 7.10. The van der Waals surface area contributed by atoms with Crippen molar-refractivity contribution in [2.24, 2.45) is 5.73 Å². The van der Waals surface area contributed by atoms with Crippen LogP contribution in [0.1, 0.15) is 15.9 Å². The molecule has 0 radical (unpaired) electrons. The number of pyridine rings is 1. The minimum atomic E-state index is -0.544. The molecule has 0 aliphatic rings. The van der Waals surface area contributed by atoms with Crippen LogP contribution in [-0.2, 0) is 4.79 Å². The third-order valence-electron chi connectivity index (χ3n) is 4.04. The molecular weight excluding hydrogens is 386 g/mol. The predicted octanol–water partition coefficient (Wildman–Crippen LogP) is 3.31. The lowest BCUT2D eigenvalue weighted by Crippen LogP contribution is -2.20. The number of nitrogens with zero attached hydrogens (tertiary/aromatic N) is 1. The molecule has 3 N–H and O–H groups in total. The second-order valence-corrected chi connectivity index (χ2v) is 6.37. The van der Waals surface area contributed by atoms with Gasteiger partial charge in [-0.05, 0) is 48.9 Å². The molecule has 2 aromatic carbocycles. The summed E-state index contributed by atoms with van der Waals surface area (Å²) in [5, 5.41) is 2.69. The van der Waals surface area contributed by atoms with Crippen molar-refractivity contribution in [3.63, 3.8) is 0 Å². The van der Waals surface area contributed by atoms with Gasteiger partial charge in [-0.2, -0.15) is 0 Å². The number of nitrogens with one attached hydrogen (secondary N) is 1. The highest BCUT2D eigenvalue weighted by Gasteiger charge is 2.09. The maximum atomic E-state index is 12.1. The van der Waals surface area contributed by atoms with Crippen LogP contribution in [0.4, 0.5) is 5.69 Å². The smallest absolute Gasteiger partial charge is 0.262 e. The van der Waals surface area contributed by atoms with Crippen molar-refractivity contribution >= 4 is 17.5 Å². The monoisotopic (exact) mass is 407 g/mol. The molecule has 8 heteroatoms. The van der Waals surface area contributed by atoms with Gasteiger partial charge in [-0.15, -0.1) is 0 Å². The topological polar surface area (TPSA) is 113 Å². The average molecular weight is 407 g/mol. The van der Waals surface area contributed by atoms with Gasteiger partial charge in [-0.3, -0.25) is 9.59 Å². The number of hydrogen-bond donors (Lipinski definition) is 2. The molecule has 0 saturated carbocycles. The van der Waals surface area contributed by atoms with Gasteiger partial charge in [0.05, 0.1) is 19.0 Å². The SMILES string of the molecule is COc1cc(C)ccc1OCC(=O)Nc1ccc(Oc2cccc(C(N)=O)c2)nc1. The van der Waals surface area contributed by atoms with E-state index in [0.717, 1.165) is 5.56 Å². The van der Waals surface area contributed by atoms with Crippen LogP contribution in [-0.4, -0.2) is 30.5 Å². The fourth-order valence-electron chi connectivity index (χ4n) is 2.58. The Morgan fingerprint density at radius 3 is 2.60 bits per heavy atom. The van der Waals surface area contributed by atoms with Gasteiger partial charge in [0, 0.05) is 11.6 Å². The lowest BCUT2D eigenvalue weighted by Gasteiger charge is -2.11. The zero-order valence-corrected chi connectivity index (χ0v) is 16.5. The molecule has 0 spiro atoms. The average Bonchev–Trinajstić information content (AvgIpc) is 2.74. The number of carbonyl (C=O) groups is 2. The van der Waals surface area contributed by atoms with E-state index in [4.69, 9.17) is 19.9 Å². The minimum absolute atomic E-state index is 0.183. The molecule has 0 atom stereocenters. The van der Waals surface area contributed by atoms with Gasteiger partial charge in [-0.1, -0.05) is 12.1 Å². The molecule has 0 aliphatic carbocycles. The van der Waals surface area contributed by atoms with Crippen LogP contribution < -0.4 is 25.3 Å². The van der Waals surface area contributed by atoms with E-state index in [-0.39, 0.29) is 12.5 Å². The Balaban J connectivity index is 1.56. The summed E-state index contributed by atoms with van der Waals surface area (Å²) in [6.45, 7) is 1.76. The number of nitrogens with two attached hydrogens (primary N) is 1. The zero-order chi connectivity index (χ0) is 21.5. The molecule has 3 rings (SSSR count). The van der Waals surface area contributed by atoms with E-state index in [9.17, 15) is 9.59 Å². The van der Waals surface area contributed by atoms with Gasteiger partial charge in [0.25, 0.3) is 5.91 Å². The van der Waals surface area contributed by atoms with Gasteiger partial charge < -0.3 is 25.3 Å². The second kappa shape index (κ2) is 9.42. The van der Waals surface area contributed by atoms with E-state index < -0.39 is 5.91 Å². The number of rotatable bonds is 8. The van der Waals surface area contributed by atoms with Crippen LogP contribution in [0.25, 0.3) is 0 Å². The van der Waals surface area contributed by atoms with Gasteiger partial charge in [0.1, 0.15) is 5.75 Å². The number of amides is 2. The second-order valence-electron chi connectivity index (χ2n) is 6.37. The number of carbonyl (C=O) groups excluding carboxylic acids is 2. The fraction of sp³-hybridized carbons (Fsp3) is 0.136. The molecule has 2 amide bonds. The van der Waals surface area contributed by atoms with Crippen LogP contribution in [0.15, 0.2) is 60.8 Å². The first-order valence-corrected chi connectivity index (χ1v) is 9.05. The van der Waals surface area contributed by atoms with Crippen molar-refractivity contribution in [3.05, 3.63) is 71.9 Å². The number of anilines is 1. The Morgan fingerprint density at radius 1 is 1.07 bits per heavy atom. The van der Waals surface area contributed by atoms with Crippen molar-refractivity contribution < 1.29 is 23.8 Å². The van der Waals surface area contributed by atoms with Gasteiger partial charge in [-0.25, -0.2) is 4.98 Å². The molecular formula is C22H21N3O5. The van der Waals surface area contributed by atoms with E-state index in [2.05, 4.69) is 10.3 Å². The summed E-state index contributed by atoms with van der Waals surface area (Å²) in [4.78, 5) is 27.5. The Morgan fingerprint density at radius 2 is 1.90 bits per heavy atom. The van der Waals surface area contributed by atoms with Crippen molar-refractivity contribution in [1.82, 2.24) is 4.98 Å². The summed E-state index contributed by atoms with van der Waals surface area (Å²) < 4.78 is 16.4. The largest absolute Gasteiger partial charge is 0.493 e. The van der Waals surface area contributed by atoms with Gasteiger partial charge >= 0.3 is 0 Å². The Kier molecular flexibility index (Phi) is 6.49. The van der Waals surface area contributed by atoms with Crippen molar-refractivity contribution in [1.29, 1.82) is 0 Å². The standard InChI is InChI=1S/C22H21N3O5/c1-14-6-8-18(19(10-14)28-2)29-13-20(26)25-16-7-9-21(24-12-16)30-17-5-3-4-15(11-17)22(23)27/h3-12H,13H2,1-2H3,(H2,23,27)(H,25,26). The molecule has 1 heterocycles. The van der Waals surface area contributed by atoms with E-state index in [1.165, 1.54) is 12.3 Å². The van der Waals surface area contributed by atoms with Crippen LogP contribution in [0.3, 0.4) is 0 Å². The van der Waals surface area contributed by atoms with Crippen molar-refractivity contribution in [2.45, 2.75) is 6.92 Å². The maximum Gasteiger partial charge on any atom is 0.262 e. The van der Waals surface area contributed by atoms with Crippen LogP contribution in [0.5, 0.6) is 23.1 Å². The number of primary amides is 1. The Labute approximate surface area is 173 Å². The van der Waals surface area contributed by atoms with E-state index in [1.54, 1.807) is 43.5 Å². The molecule has 154 valence electrons. The van der Waals surface area contributed by atoms with E-state index in [0.29, 0.717) is 34.4 Å². The van der Waals surface area contributed by atoms with Crippen LogP contribution in [0, 0.1) is 6.92 Å². The number of benzene rings is 2. The molecule has 3 aromatic rings. The number of hydrogen-bond acceptors (Lipinski definition) is 6. The number of aromatic nitrogens is 1. The highest BCUT2D eigenvalue weighted by molar-refractivity contribution is 5.93. The van der Waals surface area contributed by atoms with Gasteiger partial charge in [0.2, 0.25) is 11.8 Å². The van der Waals surface area contributed by atoms with E-state index in [1.807, 2.05) is 19.1 Å². The predicted molar refractivity (Wildman–Crippen MR) is 111 cm³/mol. The maximum absolute atomic E-state index is 12.1. The molecule has 1 aromatic heterocycles. The lowest BCUT2D eigenvalue weighted by atomic mass is 10.2. The first-order chi connectivity index (χ1) is 14.4. The van der Waals surface area contributed by atoms with Gasteiger partial charge in [0.15, 0.2) is 18.1 Å². The van der Waals surface area contributed by atoms with Crippen LogP contribution in [0.2, 0.25) is 0 Å². The van der Waals surface area contributed by atoms with Crippen LogP contribution >= 0.6 is 0 Å². The molecule has 30 heavy (non-hydrogen) atoms. The molecule has 0 bridgehead atoms. The first kappa shape index (κ1) is 20.7. The molecule has 0 unspecified atom stereocenters. The Bertz CT molecular complexity index is 1050. The third kappa shape index (κ3) is 5.48. The number of aryl methyl sites for hydroxylation is 1. The molecule has 8 nitrogen and oxygen atoms in total. The Hall–Kier alpha value is -4.07. The third-order valence-corrected chi connectivity index (χ3v) is 4.04. The highest BCUT2D eigenvalue weighted by atomic mass is 16.5. The molecule has 0 fully saturated rings. The fourth-order valence-corrected chi connectivity index (χ4v) is 2.58. The molecule has 0 saturated heterocycles. The lowest BCUT2D eigenvalue weighted by molar-refractivity contribution is -0.118. The summed E-state index contributed by atoms with van der Waals surface area (Å²) >= 11 is 0. The summed E-state index contributed by atoms with van der Waals surface area (Å²) in [7, 11) is 1.54.